The number of nitrogens with one attached hydrogen (secondary N) is 2. The zero-order valence-electron chi connectivity index (χ0n) is 28.2. The highest BCUT2D eigenvalue weighted by atomic mass is 16.5. The summed E-state index contributed by atoms with van der Waals surface area (Å²) in [6, 6.07) is 0. The smallest absolute Gasteiger partial charge is 0.305 e. The summed E-state index contributed by atoms with van der Waals surface area (Å²) in [6.45, 7) is 12.1. The number of amides is 2. The molecule has 15 heteroatoms. The van der Waals surface area contributed by atoms with E-state index in [-0.39, 0.29) is 81.3 Å². The lowest BCUT2D eigenvalue weighted by Crippen LogP contribution is -2.38. The molecule has 0 saturated carbocycles. The lowest BCUT2D eigenvalue weighted by Gasteiger charge is -2.29. The Labute approximate surface area is 273 Å². The van der Waals surface area contributed by atoms with Crippen LogP contribution in [0.25, 0.3) is 0 Å². The Hall–Kier alpha value is -2.40. The van der Waals surface area contributed by atoms with Crippen LogP contribution < -0.4 is 10.6 Å². The van der Waals surface area contributed by atoms with Crippen molar-refractivity contribution in [1.82, 2.24) is 15.5 Å². The number of aliphatic hydroxyl groups excluding tert-OH is 2. The maximum atomic E-state index is 12.1. The molecular formula is C31H59N3O12. The Bertz CT molecular complexity index is 739. The molecule has 0 aromatic carbocycles. The molecule has 0 aromatic heterocycles. The van der Waals surface area contributed by atoms with E-state index >= 15 is 0 Å². The molecule has 0 bridgehead atoms. The van der Waals surface area contributed by atoms with Crippen LogP contribution in [0.5, 0.6) is 0 Å². The van der Waals surface area contributed by atoms with Crippen molar-refractivity contribution in [3.8, 4) is 0 Å². The van der Waals surface area contributed by atoms with Crippen molar-refractivity contribution in [2.75, 3.05) is 112 Å². The number of aliphatic hydroxyl groups is 2. The van der Waals surface area contributed by atoms with Gasteiger partial charge in [-0.2, -0.15) is 0 Å². The van der Waals surface area contributed by atoms with Crippen LogP contribution in [0.15, 0.2) is 0 Å². The molecule has 0 saturated heterocycles. The quantitative estimate of drug-likeness (QED) is 0.0574. The van der Waals surface area contributed by atoms with Gasteiger partial charge in [-0.15, -0.1) is 0 Å². The van der Waals surface area contributed by atoms with Crippen LogP contribution in [-0.4, -0.2) is 151 Å². The van der Waals surface area contributed by atoms with Crippen LogP contribution in [0.2, 0.25) is 0 Å². The number of esters is 2. The molecular weight excluding hydrogens is 606 g/mol. The molecule has 270 valence electrons. The first-order valence-corrected chi connectivity index (χ1v) is 16.2. The molecule has 0 aliphatic heterocycles. The lowest BCUT2D eigenvalue weighted by atomic mass is 9.96. The molecule has 0 rings (SSSR count). The molecule has 0 aromatic rings. The van der Waals surface area contributed by atoms with Crippen molar-refractivity contribution < 1.29 is 57.8 Å². The Morgan fingerprint density at radius 3 is 1.33 bits per heavy atom. The van der Waals surface area contributed by atoms with E-state index in [2.05, 4.69) is 36.3 Å². The molecule has 4 N–H and O–H groups in total. The number of ether oxygens (including phenoxy) is 6. The molecule has 2 amide bonds. The first-order chi connectivity index (χ1) is 22.1. The molecule has 0 aliphatic carbocycles. The predicted molar refractivity (Wildman–Crippen MR) is 169 cm³/mol. The van der Waals surface area contributed by atoms with E-state index in [9.17, 15) is 19.2 Å². The first kappa shape index (κ1) is 43.6. The van der Waals surface area contributed by atoms with Crippen LogP contribution in [0.3, 0.4) is 0 Å². The third-order valence-electron chi connectivity index (χ3n) is 5.94. The molecule has 15 nitrogen and oxygen atoms in total. The SMILES string of the molecule is CC(C)(C)CN(CCOC(=O)CCCOCCOCCNC(=O)CCO)CCOC(=O)CCCOCCOCCNC(=O)CCO. The van der Waals surface area contributed by atoms with Gasteiger partial charge in [-0.1, -0.05) is 20.8 Å². The second-order valence-electron chi connectivity index (χ2n) is 11.6. The average Bonchev–Trinajstić information content (AvgIpc) is 2.98. The topological polar surface area (TPSA) is 191 Å². The molecule has 46 heavy (non-hydrogen) atoms. The van der Waals surface area contributed by atoms with E-state index in [0.717, 1.165) is 6.54 Å². The summed E-state index contributed by atoms with van der Waals surface area (Å²) in [5.74, 6) is -1.02. The molecule has 0 unspecified atom stereocenters. The van der Waals surface area contributed by atoms with Crippen molar-refractivity contribution in [1.29, 1.82) is 0 Å². The fourth-order valence-electron chi connectivity index (χ4n) is 3.85. The zero-order valence-corrected chi connectivity index (χ0v) is 28.2. The fraction of sp³-hybridized carbons (Fsp3) is 0.871. The monoisotopic (exact) mass is 665 g/mol. The van der Waals surface area contributed by atoms with Gasteiger partial charge >= 0.3 is 11.9 Å². The summed E-state index contributed by atoms with van der Waals surface area (Å²) in [4.78, 5) is 48.7. The summed E-state index contributed by atoms with van der Waals surface area (Å²) in [5, 5.41) is 22.6. The number of carbonyl (C=O) groups excluding carboxylic acids is 4. The van der Waals surface area contributed by atoms with Gasteiger partial charge < -0.3 is 49.3 Å². The maximum Gasteiger partial charge on any atom is 0.305 e. The number of rotatable bonds is 31. The minimum Gasteiger partial charge on any atom is -0.464 e. The normalized spacial score (nSPS) is 11.4. The van der Waals surface area contributed by atoms with Gasteiger partial charge in [-0.3, -0.25) is 24.1 Å². The Kier molecular flexibility index (Phi) is 28.4. The van der Waals surface area contributed by atoms with Crippen molar-refractivity contribution in [2.24, 2.45) is 5.41 Å². The summed E-state index contributed by atoms with van der Waals surface area (Å²) in [7, 11) is 0. The van der Waals surface area contributed by atoms with Crippen LogP contribution in [-0.2, 0) is 47.6 Å². The highest BCUT2D eigenvalue weighted by molar-refractivity contribution is 5.76. The third-order valence-corrected chi connectivity index (χ3v) is 5.94. The van der Waals surface area contributed by atoms with Gasteiger partial charge in [-0.05, 0) is 18.3 Å². The highest BCUT2D eigenvalue weighted by Gasteiger charge is 2.17. The molecule has 0 heterocycles. The van der Waals surface area contributed by atoms with Crippen LogP contribution in [0.1, 0.15) is 59.3 Å². The predicted octanol–water partition coefficient (Wildman–Crippen LogP) is 0.0449. The molecule has 0 spiro atoms. The van der Waals surface area contributed by atoms with E-state index in [1.165, 1.54) is 0 Å². The minimum absolute atomic E-state index is 0.0117. The number of carbonyl (C=O) groups is 4. The zero-order chi connectivity index (χ0) is 34.3. The Morgan fingerprint density at radius 2 is 0.957 bits per heavy atom. The highest BCUT2D eigenvalue weighted by Crippen LogP contribution is 2.15. The molecule has 0 aliphatic rings. The van der Waals surface area contributed by atoms with Gasteiger partial charge in [0.1, 0.15) is 13.2 Å². The summed E-state index contributed by atoms with van der Waals surface area (Å²) < 4.78 is 32.4. The summed E-state index contributed by atoms with van der Waals surface area (Å²) in [5.41, 5.74) is 0.0117. The minimum atomic E-state index is -0.294. The second kappa shape index (κ2) is 30.0. The van der Waals surface area contributed by atoms with E-state index in [0.29, 0.717) is 91.9 Å². The average molecular weight is 666 g/mol. The van der Waals surface area contributed by atoms with E-state index < -0.39 is 0 Å². The van der Waals surface area contributed by atoms with Gasteiger partial charge in [0.25, 0.3) is 0 Å². The fourth-order valence-corrected chi connectivity index (χ4v) is 3.85. The molecule has 0 atom stereocenters. The van der Waals surface area contributed by atoms with Crippen molar-refractivity contribution in [3.63, 3.8) is 0 Å². The van der Waals surface area contributed by atoms with Crippen molar-refractivity contribution >= 4 is 23.8 Å². The van der Waals surface area contributed by atoms with Gasteiger partial charge in [0.2, 0.25) is 11.8 Å². The summed E-state index contributed by atoms with van der Waals surface area (Å²) >= 11 is 0. The van der Waals surface area contributed by atoms with Gasteiger partial charge in [0, 0.05) is 71.6 Å². The maximum absolute atomic E-state index is 12.1. The van der Waals surface area contributed by atoms with Crippen molar-refractivity contribution in [3.05, 3.63) is 0 Å². The molecule has 0 radical (unpaired) electrons. The number of hydrogen-bond acceptors (Lipinski definition) is 13. The summed E-state index contributed by atoms with van der Waals surface area (Å²) in [6.07, 6.45) is 1.72. The Morgan fingerprint density at radius 1 is 0.565 bits per heavy atom. The third kappa shape index (κ3) is 31.6. The van der Waals surface area contributed by atoms with Gasteiger partial charge in [0.15, 0.2) is 0 Å². The van der Waals surface area contributed by atoms with Crippen molar-refractivity contribution in [2.45, 2.75) is 59.3 Å². The largest absolute Gasteiger partial charge is 0.464 e. The standard InChI is InChI=1S/C31H59N3O12/c1-31(2,3)26-34(12-20-45-29(39)6-4-16-41-22-24-43-18-10-32-27(37)8-14-35)13-21-46-30(40)7-5-17-42-23-25-44-19-11-33-28(38)9-15-36/h35-36H,4-26H2,1-3H3,(H,32,37)(H,33,38). The number of nitrogens with zero attached hydrogens (tertiary/aromatic N) is 1. The van der Waals surface area contributed by atoms with Gasteiger partial charge in [0.05, 0.1) is 52.9 Å². The van der Waals surface area contributed by atoms with Gasteiger partial charge in [-0.25, -0.2) is 0 Å². The van der Waals surface area contributed by atoms with Crippen LogP contribution in [0, 0.1) is 5.41 Å². The number of hydrogen-bond donors (Lipinski definition) is 4. The Balaban J connectivity index is 3.87. The first-order valence-electron chi connectivity index (χ1n) is 16.2. The van der Waals surface area contributed by atoms with Crippen LogP contribution in [0.4, 0.5) is 0 Å². The molecule has 0 fully saturated rings. The second-order valence-corrected chi connectivity index (χ2v) is 11.6. The van der Waals surface area contributed by atoms with E-state index in [1.54, 1.807) is 0 Å². The van der Waals surface area contributed by atoms with E-state index in [1.807, 2.05) is 0 Å². The van der Waals surface area contributed by atoms with Crippen LogP contribution >= 0.6 is 0 Å². The lowest BCUT2D eigenvalue weighted by molar-refractivity contribution is -0.145. The van der Waals surface area contributed by atoms with E-state index in [4.69, 9.17) is 38.6 Å².